The fraction of sp³-hybridized carbons (Fsp3) is 0.500. The average molecular weight is 422 g/mol. The molecule has 0 aromatic heterocycles. The Labute approximate surface area is 183 Å². The fourth-order valence-corrected chi connectivity index (χ4v) is 5.08. The largest absolute Gasteiger partial charge is 0.342 e. The van der Waals surface area contributed by atoms with E-state index in [0.717, 1.165) is 45.4 Å². The van der Waals surface area contributed by atoms with E-state index >= 15 is 0 Å². The molecule has 2 aromatic rings. The molecule has 2 amide bonds. The quantitative estimate of drug-likeness (QED) is 0.784. The zero-order valence-corrected chi connectivity index (χ0v) is 17.9. The number of piperazine rings is 1. The molecular formula is C24H31N5O2. The van der Waals surface area contributed by atoms with Crippen molar-refractivity contribution in [1.82, 2.24) is 25.6 Å². The van der Waals surface area contributed by atoms with E-state index in [1.54, 1.807) is 0 Å². The third-order valence-corrected chi connectivity index (χ3v) is 6.90. The number of benzene rings is 2. The zero-order valence-electron chi connectivity index (χ0n) is 17.9. The van der Waals surface area contributed by atoms with Crippen LogP contribution in [0.5, 0.6) is 0 Å². The molecule has 7 nitrogen and oxygen atoms in total. The van der Waals surface area contributed by atoms with Gasteiger partial charge in [-0.05, 0) is 35.6 Å². The maximum Gasteiger partial charge on any atom is 0.241 e. The lowest BCUT2D eigenvalue weighted by atomic mass is 9.96. The van der Waals surface area contributed by atoms with E-state index in [0.29, 0.717) is 19.6 Å². The highest BCUT2D eigenvalue weighted by Crippen LogP contribution is 2.29. The second kappa shape index (κ2) is 8.94. The van der Waals surface area contributed by atoms with E-state index in [2.05, 4.69) is 58.2 Å². The number of carbonyl (C=O) groups excluding carboxylic acids is 2. The minimum absolute atomic E-state index is 0.111. The number of hydrogen-bond donors (Lipinski definition) is 2. The molecular weight excluding hydrogens is 390 g/mol. The van der Waals surface area contributed by atoms with Crippen LogP contribution in [0.1, 0.15) is 30.9 Å². The normalized spacial score (nSPS) is 24.8. The van der Waals surface area contributed by atoms with Crippen molar-refractivity contribution in [2.45, 2.75) is 31.3 Å². The molecule has 3 aliphatic heterocycles. The first-order chi connectivity index (χ1) is 15.2. The first kappa shape index (κ1) is 20.4. The molecule has 3 heterocycles. The van der Waals surface area contributed by atoms with E-state index in [1.165, 1.54) is 16.3 Å². The summed E-state index contributed by atoms with van der Waals surface area (Å²) in [5, 5.41) is 2.45. The van der Waals surface area contributed by atoms with Gasteiger partial charge < -0.3 is 9.80 Å². The highest BCUT2D eigenvalue weighted by Gasteiger charge is 2.35. The molecule has 2 atom stereocenters. The zero-order chi connectivity index (χ0) is 21.2. The molecule has 164 valence electrons. The molecule has 0 saturated carbocycles. The standard InChI is InChI=1S/C24H31N5O2/c30-23(28-10-3-4-11-28)17-27-12-14-29(15-13-27)24(31)22-16-21(25-26-22)20-9-5-7-18-6-1-2-8-19(18)20/h1-2,5-9,21-22,25-26H,3-4,10-17H2. The topological polar surface area (TPSA) is 67.9 Å². The number of hydrogen-bond acceptors (Lipinski definition) is 5. The maximum absolute atomic E-state index is 13.1. The van der Waals surface area contributed by atoms with Gasteiger partial charge in [0.1, 0.15) is 6.04 Å². The summed E-state index contributed by atoms with van der Waals surface area (Å²) in [5.74, 6) is 0.387. The summed E-state index contributed by atoms with van der Waals surface area (Å²) in [6.07, 6.45) is 2.98. The third kappa shape index (κ3) is 4.31. The number of nitrogens with zero attached hydrogens (tertiary/aromatic N) is 3. The van der Waals surface area contributed by atoms with Crippen LogP contribution in [0.4, 0.5) is 0 Å². The lowest BCUT2D eigenvalue weighted by Gasteiger charge is -2.36. The molecule has 2 N–H and O–H groups in total. The Bertz CT molecular complexity index is 945. The minimum atomic E-state index is -0.221. The molecule has 3 fully saturated rings. The van der Waals surface area contributed by atoms with Gasteiger partial charge in [0.25, 0.3) is 0 Å². The molecule has 0 radical (unpaired) electrons. The Morgan fingerprint density at radius 1 is 0.839 bits per heavy atom. The lowest BCUT2D eigenvalue weighted by Crippen LogP contribution is -2.55. The summed E-state index contributed by atoms with van der Waals surface area (Å²) in [4.78, 5) is 31.6. The molecule has 0 aliphatic carbocycles. The van der Waals surface area contributed by atoms with Crippen molar-refractivity contribution in [1.29, 1.82) is 0 Å². The number of likely N-dealkylation sites (tertiary alicyclic amines) is 1. The van der Waals surface area contributed by atoms with Gasteiger partial charge in [-0.2, -0.15) is 0 Å². The highest BCUT2D eigenvalue weighted by molar-refractivity contribution is 5.87. The first-order valence-electron chi connectivity index (χ1n) is 11.5. The van der Waals surface area contributed by atoms with Crippen LogP contribution in [-0.4, -0.2) is 78.4 Å². The van der Waals surface area contributed by atoms with Crippen molar-refractivity contribution in [2.75, 3.05) is 45.8 Å². The Hall–Kier alpha value is -2.48. The summed E-state index contributed by atoms with van der Waals surface area (Å²) >= 11 is 0. The van der Waals surface area contributed by atoms with Crippen molar-refractivity contribution in [3.05, 3.63) is 48.0 Å². The number of carbonyl (C=O) groups is 2. The van der Waals surface area contributed by atoms with Crippen LogP contribution in [0, 0.1) is 0 Å². The van der Waals surface area contributed by atoms with Crippen LogP contribution in [0.2, 0.25) is 0 Å². The second-order valence-corrected chi connectivity index (χ2v) is 8.89. The summed E-state index contributed by atoms with van der Waals surface area (Å²) in [5.41, 5.74) is 7.80. The molecule has 3 aliphatic rings. The molecule has 3 saturated heterocycles. The summed E-state index contributed by atoms with van der Waals surface area (Å²) < 4.78 is 0. The van der Waals surface area contributed by atoms with Crippen molar-refractivity contribution >= 4 is 22.6 Å². The van der Waals surface area contributed by atoms with E-state index in [-0.39, 0.29) is 23.9 Å². The SMILES string of the molecule is O=C(CN1CCN(C(=O)C2CC(c3cccc4ccccc34)NN2)CC1)N1CCCC1. The van der Waals surface area contributed by atoms with Crippen molar-refractivity contribution < 1.29 is 9.59 Å². The lowest BCUT2D eigenvalue weighted by molar-refractivity contribution is -0.136. The van der Waals surface area contributed by atoms with E-state index in [1.807, 2.05) is 9.80 Å². The van der Waals surface area contributed by atoms with E-state index < -0.39 is 0 Å². The van der Waals surface area contributed by atoms with Gasteiger partial charge in [-0.1, -0.05) is 42.5 Å². The van der Waals surface area contributed by atoms with Crippen LogP contribution < -0.4 is 10.9 Å². The number of rotatable bonds is 4. The molecule has 7 heteroatoms. The van der Waals surface area contributed by atoms with Crippen LogP contribution in [0.25, 0.3) is 10.8 Å². The number of nitrogens with one attached hydrogen (secondary N) is 2. The highest BCUT2D eigenvalue weighted by atomic mass is 16.2. The van der Waals surface area contributed by atoms with Gasteiger partial charge in [-0.15, -0.1) is 0 Å². The van der Waals surface area contributed by atoms with Gasteiger partial charge in [0.2, 0.25) is 11.8 Å². The van der Waals surface area contributed by atoms with E-state index in [9.17, 15) is 9.59 Å². The summed E-state index contributed by atoms with van der Waals surface area (Å²) in [6, 6.07) is 14.6. The molecule has 0 spiro atoms. The number of hydrazine groups is 1. The van der Waals surface area contributed by atoms with Gasteiger partial charge in [-0.3, -0.25) is 14.5 Å². The number of amides is 2. The predicted molar refractivity (Wildman–Crippen MR) is 120 cm³/mol. The van der Waals surface area contributed by atoms with Crippen LogP contribution in [0.3, 0.4) is 0 Å². The van der Waals surface area contributed by atoms with Gasteiger partial charge in [-0.25, -0.2) is 10.9 Å². The molecule has 5 rings (SSSR count). The predicted octanol–water partition coefficient (Wildman–Crippen LogP) is 1.51. The molecule has 2 unspecified atom stereocenters. The van der Waals surface area contributed by atoms with Crippen molar-refractivity contribution in [3.63, 3.8) is 0 Å². The monoisotopic (exact) mass is 421 g/mol. The van der Waals surface area contributed by atoms with Gasteiger partial charge >= 0.3 is 0 Å². The maximum atomic E-state index is 13.1. The Morgan fingerprint density at radius 2 is 1.58 bits per heavy atom. The van der Waals surface area contributed by atoms with Crippen LogP contribution in [-0.2, 0) is 9.59 Å². The van der Waals surface area contributed by atoms with Crippen molar-refractivity contribution in [2.24, 2.45) is 0 Å². The molecule has 0 bridgehead atoms. The third-order valence-electron chi connectivity index (χ3n) is 6.90. The van der Waals surface area contributed by atoms with Crippen molar-refractivity contribution in [3.8, 4) is 0 Å². The minimum Gasteiger partial charge on any atom is -0.342 e. The van der Waals surface area contributed by atoms with Gasteiger partial charge in [0.05, 0.1) is 6.54 Å². The average Bonchev–Trinajstić information content (AvgIpc) is 3.51. The molecule has 31 heavy (non-hydrogen) atoms. The smallest absolute Gasteiger partial charge is 0.241 e. The second-order valence-electron chi connectivity index (χ2n) is 8.89. The molecule has 2 aromatic carbocycles. The summed E-state index contributed by atoms with van der Waals surface area (Å²) in [6.45, 7) is 5.17. The first-order valence-corrected chi connectivity index (χ1v) is 11.5. The van der Waals surface area contributed by atoms with Crippen LogP contribution >= 0.6 is 0 Å². The van der Waals surface area contributed by atoms with Gasteiger partial charge in [0, 0.05) is 45.3 Å². The van der Waals surface area contributed by atoms with Crippen LogP contribution in [0.15, 0.2) is 42.5 Å². The number of fused-ring (bicyclic) bond motifs is 1. The van der Waals surface area contributed by atoms with E-state index in [4.69, 9.17) is 0 Å². The Kier molecular flexibility index (Phi) is 5.89. The van der Waals surface area contributed by atoms with Gasteiger partial charge in [0.15, 0.2) is 0 Å². The summed E-state index contributed by atoms with van der Waals surface area (Å²) in [7, 11) is 0. The Balaban J connectivity index is 1.15. The Morgan fingerprint density at radius 3 is 2.39 bits per heavy atom. The fourth-order valence-electron chi connectivity index (χ4n) is 5.08.